The standard InChI is InChI=1S/C9H19NO4S/c1-5-7(8(11)12)10-15(13,14)6-9(2,3)4/h7,10H,5-6H2,1-4H3,(H,11,12)/t7-/m0/s1. The molecule has 2 N–H and O–H groups in total. The van der Waals surface area contributed by atoms with Crippen LogP contribution in [0.5, 0.6) is 0 Å². The Morgan fingerprint density at radius 1 is 1.40 bits per heavy atom. The minimum absolute atomic E-state index is 0.0796. The van der Waals surface area contributed by atoms with E-state index in [0.29, 0.717) is 0 Å². The van der Waals surface area contributed by atoms with Crippen LogP contribution in [0.3, 0.4) is 0 Å². The normalized spacial score (nSPS) is 14.9. The van der Waals surface area contributed by atoms with Gasteiger partial charge in [0.15, 0.2) is 0 Å². The molecule has 0 saturated carbocycles. The van der Waals surface area contributed by atoms with Gasteiger partial charge in [0.2, 0.25) is 10.0 Å². The average Bonchev–Trinajstić information content (AvgIpc) is 1.94. The SMILES string of the molecule is CC[C@H](NS(=O)(=O)CC(C)(C)C)C(=O)O. The molecule has 0 aliphatic rings. The van der Waals surface area contributed by atoms with Crippen molar-refractivity contribution in [3.05, 3.63) is 0 Å². The van der Waals surface area contributed by atoms with E-state index in [1.54, 1.807) is 27.7 Å². The number of aliphatic carboxylic acids is 1. The Balaban J connectivity index is 4.57. The van der Waals surface area contributed by atoms with E-state index in [1.165, 1.54) is 0 Å². The monoisotopic (exact) mass is 237 g/mol. The molecule has 90 valence electrons. The van der Waals surface area contributed by atoms with Gasteiger partial charge in [-0.3, -0.25) is 4.79 Å². The summed E-state index contributed by atoms with van der Waals surface area (Å²) in [7, 11) is -3.53. The van der Waals surface area contributed by atoms with Crippen molar-refractivity contribution in [1.29, 1.82) is 0 Å². The Bertz CT molecular complexity index is 315. The minimum Gasteiger partial charge on any atom is -0.480 e. The van der Waals surface area contributed by atoms with Gasteiger partial charge >= 0.3 is 5.97 Å². The molecule has 0 rings (SSSR count). The fraction of sp³-hybridized carbons (Fsp3) is 0.889. The minimum atomic E-state index is -3.53. The molecule has 0 spiro atoms. The lowest BCUT2D eigenvalue weighted by molar-refractivity contribution is -0.139. The second-order valence-corrected chi connectivity index (χ2v) is 6.49. The Labute approximate surface area is 90.9 Å². The molecule has 0 unspecified atom stereocenters. The number of rotatable bonds is 5. The zero-order valence-corrected chi connectivity index (χ0v) is 10.4. The van der Waals surface area contributed by atoms with Crippen molar-refractivity contribution in [3.8, 4) is 0 Å². The molecule has 0 aromatic rings. The van der Waals surface area contributed by atoms with E-state index in [2.05, 4.69) is 4.72 Å². The summed E-state index contributed by atoms with van der Waals surface area (Å²) in [5.74, 6) is -1.22. The van der Waals surface area contributed by atoms with Gasteiger partial charge < -0.3 is 5.11 Å². The van der Waals surface area contributed by atoms with Crippen molar-refractivity contribution in [2.24, 2.45) is 5.41 Å². The molecule has 1 atom stereocenters. The largest absolute Gasteiger partial charge is 0.480 e. The van der Waals surface area contributed by atoms with Gasteiger partial charge in [-0.2, -0.15) is 0 Å². The van der Waals surface area contributed by atoms with Crippen molar-refractivity contribution in [1.82, 2.24) is 4.72 Å². The van der Waals surface area contributed by atoms with Gasteiger partial charge in [-0.15, -0.1) is 0 Å². The third-order valence-electron chi connectivity index (χ3n) is 1.65. The molecule has 0 fully saturated rings. The zero-order valence-electron chi connectivity index (χ0n) is 9.57. The first-order valence-corrected chi connectivity index (χ1v) is 6.45. The van der Waals surface area contributed by atoms with E-state index in [4.69, 9.17) is 5.11 Å². The van der Waals surface area contributed by atoms with Gasteiger partial charge in [-0.1, -0.05) is 27.7 Å². The lowest BCUT2D eigenvalue weighted by Crippen LogP contribution is -2.43. The Morgan fingerprint density at radius 2 is 1.87 bits per heavy atom. The molecule has 0 radical (unpaired) electrons. The highest BCUT2D eigenvalue weighted by Crippen LogP contribution is 2.15. The van der Waals surface area contributed by atoms with Crippen LogP contribution in [0.1, 0.15) is 34.1 Å². The number of carbonyl (C=O) groups is 1. The van der Waals surface area contributed by atoms with Crippen LogP contribution in [0.2, 0.25) is 0 Å². The number of nitrogens with one attached hydrogen (secondary N) is 1. The van der Waals surface area contributed by atoms with Crippen LogP contribution < -0.4 is 4.72 Å². The summed E-state index contributed by atoms with van der Waals surface area (Å²) in [6.07, 6.45) is 0.235. The molecular weight excluding hydrogens is 218 g/mol. The second kappa shape index (κ2) is 4.94. The lowest BCUT2D eigenvalue weighted by Gasteiger charge is -2.20. The van der Waals surface area contributed by atoms with Gasteiger partial charge in [0.25, 0.3) is 0 Å². The van der Waals surface area contributed by atoms with Crippen LogP contribution in [-0.2, 0) is 14.8 Å². The molecule has 0 aliphatic carbocycles. The van der Waals surface area contributed by atoms with Crippen molar-refractivity contribution in [2.75, 3.05) is 5.75 Å². The van der Waals surface area contributed by atoms with Crippen molar-refractivity contribution < 1.29 is 18.3 Å². The summed E-state index contributed by atoms with van der Waals surface area (Å²) >= 11 is 0. The molecule has 0 saturated heterocycles. The summed E-state index contributed by atoms with van der Waals surface area (Å²) < 4.78 is 25.3. The highest BCUT2D eigenvalue weighted by Gasteiger charge is 2.26. The van der Waals surface area contributed by atoms with Gasteiger partial charge in [-0.25, -0.2) is 13.1 Å². The highest BCUT2D eigenvalue weighted by atomic mass is 32.2. The molecule has 0 amide bonds. The fourth-order valence-electron chi connectivity index (χ4n) is 1.14. The quantitative estimate of drug-likeness (QED) is 0.741. The van der Waals surface area contributed by atoms with E-state index in [1.807, 2.05) is 0 Å². The Morgan fingerprint density at radius 3 is 2.13 bits per heavy atom. The van der Waals surface area contributed by atoms with Crippen LogP contribution >= 0.6 is 0 Å². The van der Waals surface area contributed by atoms with E-state index in [9.17, 15) is 13.2 Å². The summed E-state index contributed by atoms with van der Waals surface area (Å²) in [6.45, 7) is 6.98. The molecule has 0 aromatic carbocycles. The van der Waals surface area contributed by atoms with Gasteiger partial charge in [-0.05, 0) is 11.8 Å². The first kappa shape index (κ1) is 14.4. The molecule has 0 heterocycles. The maximum atomic E-state index is 11.5. The first-order valence-electron chi connectivity index (χ1n) is 4.80. The zero-order chi connectivity index (χ0) is 12.3. The van der Waals surface area contributed by atoms with Crippen LogP contribution in [-0.4, -0.2) is 31.3 Å². The van der Waals surface area contributed by atoms with E-state index < -0.39 is 22.0 Å². The third-order valence-corrected chi connectivity index (χ3v) is 3.54. The van der Waals surface area contributed by atoms with Gasteiger partial charge in [0.05, 0.1) is 5.75 Å². The van der Waals surface area contributed by atoms with Crippen molar-refractivity contribution in [3.63, 3.8) is 0 Å². The topological polar surface area (TPSA) is 83.5 Å². The third kappa shape index (κ3) is 6.46. The van der Waals surface area contributed by atoms with Gasteiger partial charge in [0.1, 0.15) is 6.04 Å². The summed E-state index contributed by atoms with van der Waals surface area (Å²) in [5.41, 5.74) is -0.386. The lowest BCUT2D eigenvalue weighted by atomic mass is 10.0. The second-order valence-electron chi connectivity index (χ2n) is 4.74. The molecule has 5 nitrogen and oxygen atoms in total. The predicted octanol–water partition coefficient (Wildman–Crippen LogP) is 0.815. The maximum Gasteiger partial charge on any atom is 0.321 e. The van der Waals surface area contributed by atoms with Crippen LogP contribution in [0.25, 0.3) is 0 Å². The average molecular weight is 237 g/mol. The first-order chi connectivity index (χ1) is 6.57. The number of hydrogen-bond donors (Lipinski definition) is 2. The van der Waals surface area contributed by atoms with Crippen molar-refractivity contribution in [2.45, 2.75) is 40.2 Å². The molecule has 6 heteroatoms. The molecule has 0 bridgehead atoms. The maximum absolute atomic E-state index is 11.5. The summed E-state index contributed by atoms with van der Waals surface area (Å²) in [6, 6.07) is -1.03. The Kier molecular flexibility index (Phi) is 4.73. The number of carboxylic acid groups (broad SMARTS) is 1. The number of sulfonamides is 1. The predicted molar refractivity (Wildman–Crippen MR) is 58.1 cm³/mol. The highest BCUT2D eigenvalue weighted by molar-refractivity contribution is 7.89. The summed E-state index contributed by atoms with van der Waals surface area (Å²) in [5, 5.41) is 8.71. The smallest absolute Gasteiger partial charge is 0.321 e. The number of carboxylic acids is 1. The van der Waals surface area contributed by atoms with Crippen LogP contribution in [0, 0.1) is 5.41 Å². The van der Waals surface area contributed by atoms with E-state index in [-0.39, 0.29) is 17.6 Å². The molecule has 15 heavy (non-hydrogen) atoms. The summed E-state index contributed by atoms with van der Waals surface area (Å²) in [4.78, 5) is 10.6. The van der Waals surface area contributed by atoms with Crippen molar-refractivity contribution >= 4 is 16.0 Å². The number of hydrogen-bond acceptors (Lipinski definition) is 3. The molecule has 0 aliphatic heterocycles. The van der Waals surface area contributed by atoms with Crippen LogP contribution in [0.15, 0.2) is 0 Å². The van der Waals surface area contributed by atoms with E-state index >= 15 is 0 Å². The molecule has 0 aromatic heterocycles. The Hall–Kier alpha value is -0.620. The fourth-order valence-corrected chi connectivity index (χ4v) is 3.06. The molecular formula is C9H19NO4S. The van der Waals surface area contributed by atoms with E-state index in [0.717, 1.165) is 0 Å². The van der Waals surface area contributed by atoms with Crippen LogP contribution in [0.4, 0.5) is 0 Å². The van der Waals surface area contributed by atoms with Gasteiger partial charge in [0, 0.05) is 0 Å².